The van der Waals surface area contributed by atoms with Crippen LogP contribution >= 0.6 is 11.6 Å². The molecule has 2 N–H and O–H groups in total. The van der Waals surface area contributed by atoms with Gasteiger partial charge in [-0.25, -0.2) is 4.98 Å². The van der Waals surface area contributed by atoms with Gasteiger partial charge in [0.2, 0.25) is 5.91 Å². The van der Waals surface area contributed by atoms with Crippen LogP contribution in [0, 0.1) is 12.8 Å². The third-order valence-electron chi connectivity index (χ3n) is 4.35. The molecule has 3 aromatic rings. The van der Waals surface area contributed by atoms with Crippen LogP contribution in [0.3, 0.4) is 0 Å². The number of carbonyl (C=O) groups excluding carboxylic acids is 2. The van der Waals surface area contributed by atoms with Crippen molar-refractivity contribution in [2.75, 3.05) is 10.6 Å². The van der Waals surface area contributed by atoms with Crippen molar-refractivity contribution < 1.29 is 9.59 Å². The van der Waals surface area contributed by atoms with Crippen LogP contribution in [0.15, 0.2) is 54.7 Å². The van der Waals surface area contributed by atoms with Crippen molar-refractivity contribution in [1.82, 2.24) is 14.8 Å². The maximum atomic E-state index is 12.4. The minimum atomic E-state index is -0.339. The molecule has 1 aromatic carbocycles. The van der Waals surface area contributed by atoms with E-state index in [1.54, 1.807) is 59.4 Å². The lowest BCUT2D eigenvalue weighted by atomic mass is 10.2. The van der Waals surface area contributed by atoms with E-state index in [9.17, 15) is 9.59 Å². The highest BCUT2D eigenvalue weighted by Crippen LogP contribution is 2.22. The van der Waals surface area contributed by atoms with Crippen molar-refractivity contribution in [2.45, 2.75) is 27.3 Å². The Hall–Kier alpha value is -3.45. The monoisotopic (exact) mass is 437 g/mol. The zero-order valence-electron chi connectivity index (χ0n) is 17.6. The first-order chi connectivity index (χ1) is 14.8. The van der Waals surface area contributed by atoms with Crippen molar-refractivity contribution in [3.8, 4) is 0 Å². The number of aryl methyl sites for hydroxylation is 1. The standard InChI is InChI=1S/C23H24ClN5O2/c1-15(2)14-29-22(24)19(16(3)28-29)10-11-21(30)26-18-8-6-7-17(13-18)23(31)27-20-9-4-5-12-25-20/h4-13,15H,14H2,1-3H3,(H,26,30)(H,25,27,31)/b11-10+. The largest absolute Gasteiger partial charge is 0.322 e. The molecule has 7 nitrogen and oxygen atoms in total. The van der Waals surface area contributed by atoms with Gasteiger partial charge >= 0.3 is 0 Å². The fourth-order valence-corrected chi connectivity index (χ4v) is 3.24. The molecule has 0 atom stereocenters. The Bertz CT molecular complexity index is 1110. The third-order valence-corrected chi connectivity index (χ3v) is 4.75. The number of anilines is 2. The number of halogens is 1. The Balaban J connectivity index is 1.67. The SMILES string of the molecule is Cc1nn(CC(C)C)c(Cl)c1/C=C/C(=O)Nc1cccc(C(=O)Nc2ccccn2)c1. The lowest BCUT2D eigenvalue weighted by molar-refractivity contribution is -0.111. The molecular formula is C23H24ClN5O2. The predicted octanol–water partition coefficient (Wildman–Crippen LogP) is 4.80. The lowest BCUT2D eigenvalue weighted by Crippen LogP contribution is -2.14. The second-order valence-corrected chi connectivity index (χ2v) is 7.80. The number of pyridine rings is 1. The molecule has 0 fully saturated rings. The number of hydrogen-bond acceptors (Lipinski definition) is 4. The second kappa shape index (κ2) is 10.0. The molecular weight excluding hydrogens is 414 g/mol. The molecule has 8 heteroatoms. The van der Waals surface area contributed by atoms with Crippen LogP contribution in [-0.4, -0.2) is 26.6 Å². The van der Waals surface area contributed by atoms with Crippen LogP contribution in [0.25, 0.3) is 6.08 Å². The molecule has 0 aliphatic rings. The Morgan fingerprint density at radius 1 is 1.16 bits per heavy atom. The molecule has 0 unspecified atom stereocenters. The van der Waals surface area contributed by atoms with E-state index in [1.807, 2.05) is 6.92 Å². The molecule has 160 valence electrons. The summed E-state index contributed by atoms with van der Waals surface area (Å²) in [5.74, 6) is 0.203. The molecule has 0 bridgehead atoms. The fourth-order valence-electron chi connectivity index (χ4n) is 2.93. The number of benzene rings is 1. The van der Waals surface area contributed by atoms with E-state index in [0.29, 0.717) is 40.2 Å². The van der Waals surface area contributed by atoms with Crippen LogP contribution in [0.5, 0.6) is 0 Å². The van der Waals surface area contributed by atoms with E-state index in [0.717, 1.165) is 5.69 Å². The smallest absolute Gasteiger partial charge is 0.256 e. The van der Waals surface area contributed by atoms with E-state index in [1.165, 1.54) is 6.08 Å². The number of hydrogen-bond donors (Lipinski definition) is 2. The Morgan fingerprint density at radius 2 is 1.97 bits per heavy atom. The van der Waals surface area contributed by atoms with Gasteiger partial charge in [0.25, 0.3) is 5.91 Å². The molecule has 3 rings (SSSR count). The highest BCUT2D eigenvalue weighted by atomic mass is 35.5. The summed E-state index contributed by atoms with van der Waals surface area (Å²) in [4.78, 5) is 28.9. The molecule has 0 radical (unpaired) electrons. The molecule has 2 aromatic heterocycles. The summed E-state index contributed by atoms with van der Waals surface area (Å²) in [5.41, 5.74) is 2.37. The van der Waals surface area contributed by atoms with Gasteiger partial charge < -0.3 is 10.6 Å². The normalized spacial score (nSPS) is 11.1. The van der Waals surface area contributed by atoms with E-state index < -0.39 is 0 Å². The minimum absolute atomic E-state index is 0.315. The predicted molar refractivity (Wildman–Crippen MR) is 123 cm³/mol. The Kier molecular flexibility index (Phi) is 7.20. The van der Waals surface area contributed by atoms with Gasteiger partial charge in [0.05, 0.1) is 5.69 Å². The fraction of sp³-hybridized carbons (Fsp3) is 0.217. The summed E-state index contributed by atoms with van der Waals surface area (Å²) < 4.78 is 1.74. The summed E-state index contributed by atoms with van der Waals surface area (Å²) >= 11 is 6.41. The molecule has 2 heterocycles. The number of nitrogens with zero attached hydrogens (tertiary/aromatic N) is 3. The highest BCUT2D eigenvalue weighted by Gasteiger charge is 2.13. The van der Waals surface area contributed by atoms with Gasteiger partial charge in [-0.05, 0) is 49.2 Å². The van der Waals surface area contributed by atoms with Crippen molar-refractivity contribution >= 4 is 41.0 Å². The van der Waals surface area contributed by atoms with E-state index in [2.05, 4.69) is 34.6 Å². The highest BCUT2D eigenvalue weighted by molar-refractivity contribution is 6.31. The van der Waals surface area contributed by atoms with Gasteiger partial charge in [-0.3, -0.25) is 14.3 Å². The third kappa shape index (κ3) is 6.02. The van der Waals surface area contributed by atoms with Gasteiger partial charge in [-0.2, -0.15) is 5.10 Å². The molecule has 2 amide bonds. The maximum Gasteiger partial charge on any atom is 0.256 e. The summed E-state index contributed by atoms with van der Waals surface area (Å²) in [7, 11) is 0. The number of rotatable bonds is 7. The first-order valence-corrected chi connectivity index (χ1v) is 10.3. The quantitative estimate of drug-likeness (QED) is 0.519. The molecule has 0 aliphatic carbocycles. The van der Waals surface area contributed by atoms with Crippen molar-refractivity contribution in [3.63, 3.8) is 0 Å². The molecule has 31 heavy (non-hydrogen) atoms. The lowest BCUT2D eigenvalue weighted by Gasteiger charge is -2.07. The average molecular weight is 438 g/mol. The molecule has 0 saturated heterocycles. The first-order valence-electron chi connectivity index (χ1n) is 9.88. The van der Waals surface area contributed by atoms with Gasteiger partial charge in [0.1, 0.15) is 11.0 Å². The molecule has 0 saturated carbocycles. The van der Waals surface area contributed by atoms with Crippen molar-refractivity contribution in [2.24, 2.45) is 5.92 Å². The van der Waals surface area contributed by atoms with Crippen molar-refractivity contribution in [1.29, 1.82) is 0 Å². The van der Waals surface area contributed by atoms with Gasteiger partial charge in [0.15, 0.2) is 0 Å². The van der Waals surface area contributed by atoms with Crippen LogP contribution in [-0.2, 0) is 11.3 Å². The van der Waals surface area contributed by atoms with Crippen LogP contribution in [0.4, 0.5) is 11.5 Å². The topological polar surface area (TPSA) is 88.9 Å². The average Bonchev–Trinajstić information content (AvgIpc) is 2.99. The number of nitrogens with one attached hydrogen (secondary N) is 2. The first kappa shape index (κ1) is 22.2. The minimum Gasteiger partial charge on any atom is -0.322 e. The molecule has 0 spiro atoms. The summed E-state index contributed by atoms with van der Waals surface area (Å²) in [5, 5.41) is 10.4. The van der Waals surface area contributed by atoms with Crippen LogP contribution < -0.4 is 10.6 Å². The zero-order valence-corrected chi connectivity index (χ0v) is 18.3. The molecule has 0 aliphatic heterocycles. The number of amides is 2. The van der Waals surface area contributed by atoms with Gasteiger partial charge in [-0.1, -0.05) is 37.6 Å². The number of carbonyl (C=O) groups is 2. The van der Waals surface area contributed by atoms with Crippen LogP contribution in [0.1, 0.15) is 35.5 Å². The van der Waals surface area contributed by atoms with Gasteiger partial charge in [-0.15, -0.1) is 0 Å². The van der Waals surface area contributed by atoms with Crippen molar-refractivity contribution in [3.05, 3.63) is 76.7 Å². The van der Waals surface area contributed by atoms with Gasteiger partial charge in [0, 0.05) is 35.6 Å². The zero-order chi connectivity index (χ0) is 22.4. The van der Waals surface area contributed by atoms with E-state index >= 15 is 0 Å². The summed E-state index contributed by atoms with van der Waals surface area (Å²) in [6.45, 7) is 6.72. The summed E-state index contributed by atoms with van der Waals surface area (Å²) in [6, 6.07) is 11.9. The maximum absolute atomic E-state index is 12.4. The number of aromatic nitrogens is 3. The van der Waals surface area contributed by atoms with Crippen LogP contribution in [0.2, 0.25) is 5.15 Å². The second-order valence-electron chi connectivity index (χ2n) is 7.44. The van der Waals surface area contributed by atoms with E-state index in [-0.39, 0.29) is 11.8 Å². The van der Waals surface area contributed by atoms with E-state index in [4.69, 9.17) is 11.6 Å². The Morgan fingerprint density at radius 3 is 2.68 bits per heavy atom. The Labute approximate surface area is 186 Å². The summed E-state index contributed by atoms with van der Waals surface area (Å²) in [6.07, 6.45) is 4.64.